The number of hydrogen-bond acceptors (Lipinski definition) is 2. The lowest BCUT2D eigenvalue weighted by molar-refractivity contribution is -0.119. The maximum Gasteiger partial charge on any atom is 0.238 e. The van der Waals surface area contributed by atoms with E-state index in [1.165, 1.54) is 0 Å². The first kappa shape index (κ1) is 10.5. The fourth-order valence-corrected chi connectivity index (χ4v) is 1.58. The molecule has 13 heavy (non-hydrogen) atoms. The highest BCUT2D eigenvalue weighted by molar-refractivity contribution is 9.10. The average Bonchev–Trinajstić information content (AvgIpc) is 2.08. The van der Waals surface area contributed by atoms with Crippen molar-refractivity contribution in [1.82, 2.24) is 0 Å². The van der Waals surface area contributed by atoms with Crippen LogP contribution in [-0.2, 0) is 4.79 Å². The van der Waals surface area contributed by atoms with E-state index < -0.39 is 11.9 Å². The molecule has 0 bridgehead atoms. The Labute approximate surface area is 89.2 Å². The highest BCUT2D eigenvalue weighted by atomic mass is 79.9. The van der Waals surface area contributed by atoms with Crippen molar-refractivity contribution in [3.63, 3.8) is 0 Å². The standard InChI is InChI=1S/C8H8BrClN2O/c9-6-2-1-4(10)3-5(6)7(11)8(12)13/h1-3,7H,11H2,(H2,12,13). The third-order valence-electron chi connectivity index (χ3n) is 1.60. The van der Waals surface area contributed by atoms with Crippen LogP contribution in [0.2, 0.25) is 5.02 Å². The van der Waals surface area contributed by atoms with Gasteiger partial charge in [0.25, 0.3) is 0 Å². The van der Waals surface area contributed by atoms with Gasteiger partial charge in [-0.15, -0.1) is 0 Å². The van der Waals surface area contributed by atoms with Gasteiger partial charge in [-0.05, 0) is 23.8 Å². The Morgan fingerprint density at radius 2 is 2.15 bits per heavy atom. The van der Waals surface area contributed by atoms with Crippen LogP contribution in [0, 0.1) is 0 Å². The number of primary amides is 1. The molecule has 70 valence electrons. The molecule has 1 amide bonds. The van der Waals surface area contributed by atoms with Gasteiger partial charge in [-0.3, -0.25) is 4.79 Å². The Morgan fingerprint density at radius 3 is 2.69 bits per heavy atom. The second kappa shape index (κ2) is 4.09. The summed E-state index contributed by atoms with van der Waals surface area (Å²) in [4.78, 5) is 10.8. The molecule has 4 N–H and O–H groups in total. The van der Waals surface area contributed by atoms with Gasteiger partial charge >= 0.3 is 0 Å². The number of halogens is 2. The van der Waals surface area contributed by atoms with Gasteiger partial charge in [-0.2, -0.15) is 0 Å². The molecule has 1 atom stereocenters. The van der Waals surface area contributed by atoms with E-state index in [2.05, 4.69) is 15.9 Å². The Kier molecular flexibility index (Phi) is 3.30. The molecule has 3 nitrogen and oxygen atoms in total. The predicted molar refractivity (Wildman–Crippen MR) is 55.3 cm³/mol. The molecule has 0 fully saturated rings. The summed E-state index contributed by atoms with van der Waals surface area (Å²) >= 11 is 8.99. The summed E-state index contributed by atoms with van der Waals surface area (Å²) in [6, 6.07) is 4.21. The van der Waals surface area contributed by atoms with Crippen molar-refractivity contribution in [3.05, 3.63) is 33.3 Å². The summed E-state index contributed by atoms with van der Waals surface area (Å²) in [5.41, 5.74) is 11.2. The maximum atomic E-state index is 10.8. The van der Waals surface area contributed by atoms with Gasteiger partial charge < -0.3 is 11.5 Å². The quantitative estimate of drug-likeness (QED) is 0.851. The number of hydrogen-bond donors (Lipinski definition) is 2. The number of benzene rings is 1. The molecule has 1 aromatic rings. The molecule has 0 aliphatic rings. The first-order chi connectivity index (χ1) is 6.02. The van der Waals surface area contributed by atoms with Crippen molar-refractivity contribution in [2.24, 2.45) is 11.5 Å². The van der Waals surface area contributed by atoms with E-state index in [0.29, 0.717) is 10.6 Å². The molecule has 0 aliphatic heterocycles. The van der Waals surface area contributed by atoms with E-state index >= 15 is 0 Å². The Balaban J connectivity index is 3.12. The van der Waals surface area contributed by atoms with Crippen molar-refractivity contribution in [2.45, 2.75) is 6.04 Å². The van der Waals surface area contributed by atoms with E-state index in [1.807, 2.05) is 0 Å². The Morgan fingerprint density at radius 1 is 1.54 bits per heavy atom. The number of carbonyl (C=O) groups is 1. The van der Waals surface area contributed by atoms with E-state index in [4.69, 9.17) is 23.1 Å². The molecule has 0 aliphatic carbocycles. The van der Waals surface area contributed by atoms with Crippen LogP contribution in [0.25, 0.3) is 0 Å². The van der Waals surface area contributed by atoms with Crippen LogP contribution < -0.4 is 11.5 Å². The molecular formula is C8H8BrClN2O. The fraction of sp³-hybridized carbons (Fsp3) is 0.125. The lowest BCUT2D eigenvalue weighted by Gasteiger charge is -2.09. The second-order valence-electron chi connectivity index (χ2n) is 2.55. The Hall–Kier alpha value is -0.580. The summed E-state index contributed by atoms with van der Waals surface area (Å²) in [5, 5.41) is 0.523. The average molecular weight is 264 g/mol. The van der Waals surface area contributed by atoms with Crippen LogP contribution >= 0.6 is 27.5 Å². The number of amides is 1. The van der Waals surface area contributed by atoms with Gasteiger partial charge in [0.2, 0.25) is 5.91 Å². The van der Waals surface area contributed by atoms with Crippen molar-refractivity contribution in [1.29, 1.82) is 0 Å². The van der Waals surface area contributed by atoms with Crippen molar-refractivity contribution in [3.8, 4) is 0 Å². The zero-order chi connectivity index (χ0) is 10.0. The van der Waals surface area contributed by atoms with Gasteiger partial charge in [0, 0.05) is 9.50 Å². The largest absolute Gasteiger partial charge is 0.368 e. The first-order valence-electron chi connectivity index (χ1n) is 3.52. The van der Waals surface area contributed by atoms with E-state index in [9.17, 15) is 4.79 Å². The Bertz CT molecular complexity index is 343. The van der Waals surface area contributed by atoms with Crippen LogP contribution in [0.1, 0.15) is 11.6 Å². The minimum absolute atomic E-state index is 0.523. The highest BCUT2D eigenvalue weighted by Gasteiger charge is 2.15. The molecule has 1 unspecified atom stereocenters. The normalized spacial score (nSPS) is 12.5. The third kappa shape index (κ3) is 2.43. The minimum Gasteiger partial charge on any atom is -0.368 e. The minimum atomic E-state index is -0.826. The molecule has 0 spiro atoms. The second-order valence-corrected chi connectivity index (χ2v) is 3.84. The van der Waals surface area contributed by atoms with Gasteiger partial charge in [-0.25, -0.2) is 0 Å². The van der Waals surface area contributed by atoms with E-state index in [-0.39, 0.29) is 0 Å². The lowest BCUT2D eigenvalue weighted by atomic mass is 10.1. The summed E-state index contributed by atoms with van der Waals surface area (Å²) in [7, 11) is 0. The molecule has 0 saturated heterocycles. The molecule has 0 radical (unpaired) electrons. The van der Waals surface area contributed by atoms with Crippen LogP contribution in [0.15, 0.2) is 22.7 Å². The van der Waals surface area contributed by atoms with Crippen LogP contribution in [0.4, 0.5) is 0 Å². The molecule has 0 saturated carbocycles. The summed E-state index contributed by atoms with van der Waals surface area (Å²) in [5.74, 6) is -0.581. The summed E-state index contributed by atoms with van der Waals surface area (Å²) < 4.78 is 0.725. The number of nitrogens with two attached hydrogens (primary N) is 2. The molecule has 0 aromatic heterocycles. The fourth-order valence-electron chi connectivity index (χ4n) is 0.906. The van der Waals surface area contributed by atoms with Gasteiger partial charge in [-0.1, -0.05) is 27.5 Å². The molecule has 5 heteroatoms. The maximum absolute atomic E-state index is 10.8. The third-order valence-corrected chi connectivity index (χ3v) is 2.56. The highest BCUT2D eigenvalue weighted by Crippen LogP contribution is 2.25. The molecule has 1 aromatic carbocycles. The molecule has 0 heterocycles. The zero-order valence-corrected chi connectivity index (χ0v) is 8.97. The van der Waals surface area contributed by atoms with E-state index in [0.717, 1.165) is 4.47 Å². The summed E-state index contributed by atoms with van der Waals surface area (Å²) in [6.07, 6.45) is 0. The smallest absolute Gasteiger partial charge is 0.238 e. The zero-order valence-electron chi connectivity index (χ0n) is 6.63. The van der Waals surface area contributed by atoms with Crippen LogP contribution in [0.5, 0.6) is 0 Å². The van der Waals surface area contributed by atoms with E-state index in [1.54, 1.807) is 18.2 Å². The first-order valence-corrected chi connectivity index (χ1v) is 4.69. The number of rotatable bonds is 2. The topological polar surface area (TPSA) is 69.1 Å². The van der Waals surface area contributed by atoms with Crippen molar-refractivity contribution < 1.29 is 4.79 Å². The van der Waals surface area contributed by atoms with Crippen molar-refractivity contribution in [2.75, 3.05) is 0 Å². The van der Waals surface area contributed by atoms with Crippen LogP contribution in [-0.4, -0.2) is 5.91 Å². The number of carbonyl (C=O) groups excluding carboxylic acids is 1. The van der Waals surface area contributed by atoms with Crippen molar-refractivity contribution >= 4 is 33.4 Å². The SMILES string of the molecule is NC(=O)C(N)c1cc(Cl)ccc1Br. The summed E-state index contributed by atoms with van der Waals surface area (Å²) in [6.45, 7) is 0. The monoisotopic (exact) mass is 262 g/mol. The molecule has 1 rings (SSSR count). The van der Waals surface area contributed by atoms with Crippen LogP contribution in [0.3, 0.4) is 0 Å². The predicted octanol–water partition coefficient (Wildman–Crippen LogP) is 1.59. The van der Waals surface area contributed by atoms with Gasteiger partial charge in [0.1, 0.15) is 6.04 Å². The molecular weight excluding hydrogens is 255 g/mol. The van der Waals surface area contributed by atoms with Gasteiger partial charge in [0.05, 0.1) is 0 Å². The van der Waals surface area contributed by atoms with Gasteiger partial charge in [0.15, 0.2) is 0 Å². The lowest BCUT2D eigenvalue weighted by Crippen LogP contribution is -2.28.